The highest BCUT2D eigenvalue weighted by atomic mass is 32.2. The number of aromatic nitrogens is 3. The summed E-state index contributed by atoms with van der Waals surface area (Å²) in [6, 6.07) is 17.6. The Morgan fingerprint density at radius 3 is 2.66 bits per heavy atom. The van der Waals surface area contributed by atoms with Gasteiger partial charge in [-0.25, -0.2) is 0 Å². The molecule has 1 atom stereocenters. The van der Waals surface area contributed by atoms with Gasteiger partial charge >= 0.3 is 0 Å². The molecule has 0 bridgehead atoms. The first-order valence-electron chi connectivity index (χ1n) is 11.4. The lowest BCUT2D eigenvalue weighted by atomic mass is 10.1. The van der Waals surface area contributed by atoms with Crippen molar-refractivity contribution in [3.63, 3.8) is 0 Å². The minimum Gasteiger partial charge on any atom is -0.455 e. The van der Waals surface area contributed by atoms with Crippen LogP contribution in [0.2, 0.25) is 0 Å². The number of ether oxygens (including phenoxy) is 1. The zero-order valence-corrected chi connectivity index (χ0v) is 19.8. The summed E-state index contributed by atoms with van der Waals surface area (Å²) >= 11 is 1.55. The summed E-state index contributed by atoms with van der Waals surface area (Å²) in [5, 5.41) is 24.1. The van der Waals surface area contributed by atoms with Crippen molar-refractivity contribution in [1.82, 2.24) is 15.2 Å². The van der Waals surface area contributed by atoms with E-state index in [1.165, 1.54) is 6.07 Å². The van der Waals surface area contributed by atoms with Crippen LogP contribution in [0.1, 0.15) is 38.2 Å². The SMILES string of the molecule is CCCCCSc1nnc2c(n1)OC(c1ccc(-c3ccccc3[N+](=O)[O-])o1)Nc1ccccc1-2. The molecule has 0 spiro atoms. The molecule has 2 aromatic heterocycles. The Bertz CT molecular complexity index is 1360. The van der Waals surface area contributed by atoms with Gasteiger partial charge in [0.15, 0.2) is 11.5 Å². The van der Waals surface area contributed by atoms with Crippen LogP contribution in [0.5, 0.6) is 5.88 Å². The molecule has 1 N–H and O–H groups in total. The molecule has 0 saturated carbocycles. The Balaban J connectivity index is 1.48. The third-order valence-electron chi connectivity index (χ3n) is 5.56. The summed E-state index contributed by atoms with van der Waals surface area (Å²) in [4.78, 5) is 15.7. The van der Waals surface area contributed by atoms with Crippen LogP contribution in [-0.4, -0.2) is 25.9 Å². The number of nitrogens with one attached hydrogen (secondary N) is 1. The van der Waals surface area contributed by atoms with Gasteiger partial charge in [-0.1, -0.05) is 61.9 Å². The molecule has 0 saturated heterocycles. The molecular weight excluding hydrogens is 466 g/mol. The maximum absolute atomic E-state index is 11.5. The molecule has 0 amide bonds. The molecule has 5 rings (SSSR count). The molecule has 9 nitrogen and oxygen atoms in total. The topological polar surface area (TPSA) is 116 Å². The fourth-order valence-corrected chi connectivity index (χ4v) is 4.61. The second kappa shape index (κ2) is 10.1. The van der Waals surface area contributed by atoms with E-state index in [4.69, 9.17) is 9.15 Å². The summed E-state index contributed by atoms with van der Waals surface area (Å²) in [5.41, 5.74) is 2.52. The molecule has 0 fully saturated rings. The van der Waals surface area contributed by atoms with Crippen molar-refractivity contribution in [3.8, 4) is 28.5 Å². The van der Waals surface area contributed by atoms with Crippen molar-refractivity contribution < 1.29 is 14.1 Å². The zero-order valence-electron chi connectivity index (χ0n) is 19.0. The van der Waals surface area contributed by atoms with Gasteiger partial charge in [-0.15, -0.1) is 10.2 Å². The summed E-state index contributed by atoms with van der Waals surface area (Å²) in [6.07, 6.45) is 2.66. The third kappa shape index (κ3) is 4.83. The van der Waals surface area contributed by atoms with Crippen molar-refractivity contribution in [1.29, 1.82) is 0 Å². The number of fused-ring (bicyclic) bond motifs is 3. The van der Waals surface area contributed by atoms with Crippen LogP contribution in [0.15, 0.2) is 70.2 Å². The Hall–Kier alpha value is -3.92. The molecule has 178 valence electrons. The van der Waals surface area contributed by atoms with Gasteiger partial charge in [-0.2, -0.15) is 4.98 Å². The molecule has 0 radical (unpaired) electrons. The number of hydrogen-bond acceptors (Lipinski definition) is 9. The van der Waals surface area contributed by atoms with Gasteiger partial charge in [0, 0.05) is 23.1 Å². The first-order valence-corrected chi connectivity index (χ1v) is 12.4. The monoisotopic (exact) mass is 489 g/mol. The molecule has 35 heavy (non-hydrogen) atoms. The number of nitro groups is 1. The number of unbranched alkanes of at least 4 members (excludes halogenated alkanes) is 2. The Labute approximate surface area is 206 Å². The second-order valence-electron chi connectivity index (χ2n) is 7.97. The van der Waals surface area contributed by atoms with E-state index >= 15 is 0 Å². The fourth-order valence-electron chi connectivity index (χ4n) is 3.83. The predicted octanol–water partition coefficient (Wildman–Crippen LogP) is 6.49. The lowest BCUT2D eigenvalue weighted by Crippen LogP contribution is -2.16. The Morgan fingerprint density at radius 2 is 1.83 bits per heavy atom. The molecule has 4 aromatic rings. The molecule has 2 aromatic carbocycles. The lowest BCUT2D eigenvalue weighted by molar-refractivity contribution is -0.384. The van der Waals surface area contributed by atoms with E-state index in [1.54, 1.807) is 42.1 Å². The molecule has 1 aliphatic heterocycles. The van der Waals surface area contributed by atoms with Crippen LogP contribution in [0.4, 0.5) is 11.4 Å². The first kappa shape index (κ1) is 22.9. The van der Waals surface area contributed by atoms with Gasteiger partial charge in [-0.05, 0) is 30.7 Å². The van der Waals surface area contributed by atoms with Gasteiger partial charge in [0.2, 0.25) is 17.3 Å². The van der Waals surface area contributed by atoms with Gasteiger partial charge in [0.25, 0.3) is 5.69 Å². The number of anilines is 1. The molecular formula is C25H23N5O4S. The number of nitrogens with zero attached hydrogens (tertiary/aromatic N) is 4. The van der Waals surface area contributed by atoms with E-state index in [-0.39, 0.29) is 5.69 Å². The molecule has 10 heteroatoms. The first-order chi connectivity index (χ1) is 17.1. The zero-order chi connectivity index (χ0) is 24.2. The van der Waals surface area contributed by atoms with Crippen LogP contribution in [0.3, 0.4) is 0 Å². The smallest absolute Gasteiger partial charge is 0.280 e. The maximum Gasteiger partial charge on any atom is 0.280 e. The highest BCUT2D eigenvalue weighted by Gasteiger charge is 2.28. The van der Waals surface area contributed by atoms with Gasteiger partial charge in [-0.3, -0.25) is 10.1 Å². The second-order valence-corrected chi connectivity index (χ2v) is 9.03. The number of hydrogen-bond donors (Lipinski definition) is 1. The number of thioether (sulfide) groups is 1. The normalized spacial score (nSPS) is 14.3. The van der Waals surface area contributed by atoms with Crippen LogP contribution in [-0.2, 0) is 0 Å². The number of furan rings is 1. The third-order valence-corrected chi connectivity index (χ3v) is 6.49. The fraction of sp³-hybridized carbons (Fsp3) is 0.240. The average Bonchev–Trinajstić information content (AvgIpc) is 3.31. The Morgan fingerprint density at radius 1 is 1.03 bits per heavy atom. The van der Waals surface area contributed by atoms with E-state index in [0.717, 1.165) is 36.3 Å². The van der Waals surface area contributed by atoms with E-state index in [0.29, 0.717) is 33.8 Å². The van der Waals surface area contributed by atoms with E-state index in [2.05, 4.69) is 27.4 Å². The number of para-hydroxylation sites is 2. The van der Waals surface area contributed by atoms with Crippen molar-refractivity contribution >= 4 is 23.1 Å². The lowest BCUT2D eigenvalue weighted by Gasteiger charge is -2.16. The van der Waals surface area contributed by atoms with E-state index in [1.807, 2.05) is 24.3 Å². The minimum atomic E-state index is -0.719. The summed E-state index contributed by atoms with van der Waals surface area (Å²) in [5.74, 6) is 2.09. The number of nitro benzene ring substituents is 1. The number of benzene rings is 2. The average molecular weight is 490 g/mol. The summed E-state index contributed by atoms with van der Waals surface area (Å²) in [7, 11) is 0. The van der Waals surface area contributed by atoms with Crippen molar-refractivity contribution in [2.45, 2.75) is 37.6 Å². The molecule has 3 heterocycles. The highest BCUT2D eigenvalue weighted by molar-refractivity contribution is 7.99. The largest absolute Gasteiger partial charge is 0.455 e. The highest BCUT2D eigenvalue weighted by Crippen LogP contribution is 2.41. The summed E-state index contributed by atoms with van der Waals surface area (Å²) in [6.45, 7) is 2.17. The quantitative estimate of drug-likeness (QED) is 0.128. The van der Waals surface area contributed by atoms with E-state index in [9.17, 15) is 10.1 Å². The summed E-state index contributed by atoms with van der Waals surface area (Å²) < 4.78 is 12.3. The van der Waals surface area contributed by atoms with Gasteiger partial charge in [0.05, 0.1) is 10.5 Å². The van der Waals surface area contributed by atoms with Crippen molar-refractivity contribution in [2.75, 3.05) is 11.1 Å². The van der Waals surface area contributed by atoms with Crippen LogP contribution < -0.4 is 10.1 Å². The predicted molar refractivity (Wildman–Crippen MR) is 133 cm³/mol. The van der Waals surface area contributed by atoms with Gasteiger partial charge < -0.3 is 14.5 Å². The minimum absolute atomic E-state index is 0.0273. The van der Waals surface area contributed by atoms with Crippen molar-refractivity contribution in [2.24, 2.45) is 0 Å². The standard InChI is InChI=1S/C25H23N5O4S/c1-2-3-8-15-35-25-27-24-22(28-29-25)16-9-4-6-11-18(16)26-23(34-24)21-14-13-20(33-21)17-10-5-7-12-19(17)30(31)32/h4-7,9-14,23,26H,2-3,8,15H2,1H3. The van der Waals surface area contributed by atoms with Crippen LogP contribution >= 0.6 is 11.8 Å². The molecule has 1 unspecified atom stereocenters. The maximum atomic E-state index is 11.5. The van der Waals surface area contributed by atoms with Crippen LogP contribution in [0, 0.1) is 10.1 Å². The van der Waals surface area contributed by atoms with Crippen LogP contribution in [0.25, 0.3) is 22.6 Å². The number of rotatable bonds is 8. The van der Waals surface area contributed by atoms with Gasteiger partial charge in [0.1, 0.15) is 5.76 Å². The molecule has 0 aliphatic carbocycles. The molecule has 1 aliphatic rings. The Kier molecular flexibility index (Phi) is 6.62. The van der Waals surface area contributed by atoms with Crippen molar-refractivity contribution in [3.05, 3.63) is 76.5 Å². The van der Waals surface area contributed by atoms with E-state index < -0.39 is 11.2 Å².